The molecule has 1 aliphatic heterocycles. The van der Waals surface area contributed by atoms with Crippen LogP contribution in [-0.4, -0.2) is 60.7 Å². The monoisotopic (exact) mass is 484 g/mol. The quantitative estimate of drug-likeness (QED) is 0.148. The lowest BCUT2D eigenvalue weighted by molar-refractivity contribution is -0.358. The van der Waals surface area contributed by atoms with Gasteiger partial charge in [0.25, 0.3) is 10.0 Å². The number of sulfonamides is 1. The normalized spacial score (nSPS) is 15.1. The molecule has 0 aromatic heterocycles. The molecule has 178 valence electrons. The van der Waals surface area contributed by atoms with Crippen molar-refractivity contribution in [3.63, 3.8) is 0 Å². The van der Waals surface area contributed by atoms with Crippen LogP contribution in [0.25, 0.3) is 21.5 Å². The summed E-state index contributed by atoms with van der Waals surface area (Å²) in [6.45, 7) is -0.107. The van der Waals surface area contributed by atoms with Crippen LogP contribution in [0, 0.1) is 0 Å². The van der Waals surface area contributed by atoms with Crippen LogP contribution in [0.2, 0.25) is 0 Å². The molecule has 1 heterocycles. The first-order valence-electron chi connectivity index (χ1n) is 10.4. The molecule has 0 saturated heterocycles. The highest BCUT2D eigenvalue weighted by atomic mass is 32.2. The van der Waals surface area contributed by atoms with Crippen molar-refractivity contribution >= 4 is 43.2 Å². The third kappa shape index (κ3) is 4.23. The van der Waals surface area contributed by atoms with Gasteiger partial charge < -0.3 is 24.1 Å². The van der Waals surface area contributed by atoms with Gasteiger partial charge in [0, 0.05) is 31.8 Å². The van der Waals surface area contributed by atoms with E-state index in [2.05, 4.69) is 4.40 Å². The minimum Gasteiger partial charge on any atom is -0.610 e. The van der Waals surface area contributed by atoms with E-state index in [0.717, 1.165) is 5.39 Å². The number of hydrogen-bond acceptors (Lipinski definition) is 8. The molecule has 0 N–H and O–H groups in total. The molecule has 0 amide bonds. The lowest BCUT2D eigenvalue weighted by Crippen LogP contribution is -2.26. The average Bonchev–Trinajstić information content (AvgIpc) is 3.11. The van der Waals surface area contributed by atoms with Crippen LogP contribution in [0.1, 0.15) is 5.56 Å². The molecule has 0 fully saturated rings. The van der Waals surface area contributed by atoms with Crippen molar-refractivity contribution in [1.82, 2.24) is 0 Å². The van der Waals surface area contributed by atoms with Crippen LogP contribution in [0.4, 0.5) is 0 Å². The molecule has 0 bridgehead atoms. The SMILES string of the molecule is COCCOC(=O)/C(C1=NS(=O)(=O)c2c1c1ccccc1c1ccccc21)=C(/[O-])OCCOC. The summed E-state index contributed by atoms with van der Waals surface area (Å²) in [5.41, 5.74) is -0.742. The van der Waals surface area contributed by atoms with E-state index < -0.39 is 27.5 Å². The van der Waals surface area contributed by atoms with Gasteiger partial charge >= 0.3 is 5.97 Å². The zero-order valence-electron chi connectivity index (χ0n) is 18.6. The summed E-state index contributed by atoms with van der Waals surface area (Å²) in [4.78, 5) is 12.9. The van der Waals surface area contributed by atoms with Gasteiger partial charge in [-0.25, -0.2) is 4.79 Å². The maximum absolute atomic E-state index is 13.2. The molecule has 4 rings (SSSR count). The third-order valence-electron chi connectivity index (χ3n) is 5.28. The van der Waals surface area contributed by atoms with Crippen molar-refractivity contribution in [2.75, 3.05) is 40.6 Å². The van der Waals surface area contributed by atoms with Gasteiger partial charge in [-0.3, -0.25) is 0 Å². The van der Waals surface area contributed by atoms with Crippen LogP contribution < -0.4 is 5.11 Å². The molecular weight excluding hydrogens is 462 g/mol. The Morgan fingerprint density at radius 2 is 1.35 bits per heavy atom. The maximum Gasteiger partial charge on any atom is 0.342 e. The highest BCUT2D eigenvalue weighted by molar-refractivity contribution is 7.91. The van der Waals surface area contributed by atoms with Crippen LogP contribution >= 0.6 is 0 Å². The van der Waals surface area contributed by atoms with Gasteiger partial charge in [0.1, 0.15) is 22.8 Å². The van der Waals surface area contributed by atoms with E-state index in [4.69, 9.17) is 18.9 Å². The second-order valence-corrected chi connectivity index (χ2v) is 8.88. The molecular formula is C24H22NO8S-. The zero-order chi connectivity index (χ0) is 24.3. The van der Waals surface area contributed by atoms with Gasteiger partial charge in [0.2, 0.25) is 0 Å². The van der Waals surface area contributed by atoms with E-state index in [9.17, 15) is 18.3 Å². The highest BCUT2D eigenvalue weighted by Gasteiger charge is 2.37. The fourth-order valence-corrected chi connectivity index (χ4v) is 5.29. The van der Waals surface area contributed by atoms with Crippen LogP contribution in [0.15, 0.2) is 69.3 Å². The molecule has 1 aliphatic rings. The van der Waals surface area contributed by atoms with Gasteiger partial charge in [0.05, 0.1) is 19.2 Å². The molecule has 0 atom stereocenters. The standard InChI is InChI=1S/C24H23NO8S/c1-30-11-13-32-23(26)20(24(27)33-14-12-31-2)21-19-17-9-5-3-7-15(17)16-8-4-6-10-18(16)22(19)34(28,29)25-21/h3-10,26H,11-14H2,1-2H3/p-1/b23-20-. The number of carbonyl (C=O) groups excluding carboxylic acids is 1. The first-order valence-corrected chi connectivity index (χ1v) is 11.8. The van der Waals surface area contributed by atoms with Crippen LogP contribution in [0.3, 0.4) is 0 Å². The molecule has 0 spiro atoms. The van der Waals surface area contributed by atoms with Crippen molar-refractivity contribution in [3.8, 4) is 0 Å². The van der Waals surface area contributed by atoms with Crippen molar-refractivity contribution < 1.29 is 37.3 Å². The number of nitrogens with zero attached hydrogens (tertiary/aromatic N) is 1. The Labute approximate surface area is 196 Å². The molecule has 9 nitrogen and oxygen atoms in total. The lowest BCUT2D eigenvalue weighted by Gasteiger charge is -2.20. The summed E-state index contributed by atoms with van der Waals surface area (Å²) in [5, 5.41) is 15.4. The van der Waals surface area contributed by atoms with Crippen molar-refractivity contribution in [2.45, 2.75) is 4.90 Å². The van der Waals surface area contributed by atoms with Crippen LogP contribution in [-0.2, 0) is 33.8 Å². The van der Waals surface area contributed by atoms with E-state index in [1.165, 1.54) is 14.2 Å². The number of esters is 1. The second kappa shape index (κ2) is 9.80. The predicted octanol–water partition coefficient (Wildman–Crippen LogP) is 1.91. The third-order valence-corrected chi connectivity index (χ3v) is 6.64. The summed E-state index contributed by atoms with van der Waals surface area (Å²) in [7, 11) is -1.37. The van der Waals surface area contributed by atoms with E-state index >= 15 is 0 Å². The molecule has 3 aromatic rings. The Balaban J connectivity index is 1.99. The number of rotatable bonds is 9. The Hall–Kier alpha value is -3.47. The molecule has 0 unspecified atom stereocenters. The Morgan fingerprint density at radius 1 is 0.824 bits per heavy atom. The van der Waals surface area contributed by atoms with E-state index in [1.54, 1.807) is 24.3 Å². The fraction of sp³-hybridized carbons (Fsp3) is 0.250. The first kappa shape index (κ1) is 23.7. The average molecular weight is 485 g/mol. The number of fused-ring (bicyclic) bond motifs is 6. The molecule has 34 heavy (non-hydrogen) atoms. The number of ether oxygens (including phenoxy) is 4. The Bertz CT molecular complexity index is 1430. The number of carbonyl (C=O) groups is 1. The number of hydrogen-bond donors (Lipinski definition) is 0. The van der Waals surface area contributed by atoms with E-state index in [-0.39, 0.29) is 42.6 Å². The minimum atomic E-state index is -4.23. The van der Waals surface area contributed by atoms with Crippen molar-refractivity contribution in [3.05, 3.63) is 65.6 Å². The number of benzene rings is 3. The van der Waals surface area contributed by atoms with Crippen molar-refractivity contribution in [2.24, 2.45) is 4.40 Å². The summed E-state index contributed by atoms with van der Waals surface area (Å²) in [5.74, 6) is -2.11. The summed E-state index contributed by atoms with van der Waals surface area (Å²) < 4.78 is 50.5. The topological polar surface area (TPSA) is 124 Å². The largest absolute Gasteiger partial charge is 0.610 e. The second-order valence-electron chi connectivity index (χ2n) is 7.34. The molecule has 0 saturated carbocycles. The predicted molar refractivity (Wildman–Crippen MR) is 123 cm³/mol. The lowest BCUT2D eigenvalue weighted by atomic mass is 9.92. The van der Waals surface area contributed by atoms with Gasteiger partial charge in [-0.1, -0.05) is 48.5 Å². The minimum absolute atomic E-state index is 0.0660. The summed E-state index contributed by atoms with van der Waals surface area (Å²) >= 11 is 0. The van der Waals surface area contributed by atoms with E-state index in [0.29, 0.717) is 16.2 Å². The molecule has 3 aromatic carbocycles. The first-order chi connectivity index (χ1) is 16.4. The van der Waals surface area contributed by atoms with E-state index in [1.807, 2.05) is 24.3 Å². The van der Waals surface area contributed by atoms with Gasteiger partial charge in [-0.05, 0) is 16.2 Å². The van der Waals surface area contributed by atoms with Crippen molar-refractivity contribution in [1.29, 1.82) is 0 Å². The smallest absolute Gasteiger partial charge is 0.342 e. The number of methoxy groups -OCH3 is 2. The van der Waals surface area contributed by atoms with Gasteiger partial charge in [0.15, 0.2) is 0 Å². The van der Waals surface area contributed by atoms with Gasteiger partial charge in [-0.15, -0.1) is 0 Å². The highest BCUT2D eigenvalue weighted by Crippen LogP contribution is 2.41. The summed E-state index contributed by atoms with van der Waals surface area (Å²) in [6, 6.07) is 14.1. The summed E-state index contributed by atoms with van der Waals surface area (Å²) in [6.07, 6.45) is 0. The van der Waals surface area contributed by atoms with Crippen LogP contribution in [0.5, 0.6) is 0 Å². The molecule has 10 heteroatoms. The zero-order valence-corrected chi connectivity index (χ0v) is 19.4. The Morgan fingerprint density at radius 3 is 1.97 bits per heavy atom. The van der Waals surface area contributed by atoms with Gasteiger partial charge in [-0.2, -0.15) is 12.8 Å². The molecule has 0 radical (unpaired) electrons. The maximum atomic E-state index is 13.2. The molecule has 0 aliphatic carbocycles. The Kier molecular flexibility index (Phi) is 6.82. The fourth-order valence-electron chi connectivity index (χ4n) is 3.85.